The van der Waals surface area contributed by atoms with Gasteiger partial charge in [0.2, 0.25) is 10.0 Å². The summed E-state index contributed by atoms with van der Waals surface area (Å²) >= 11 is 0. The number of sulfonamides is 1. The van der Waals surface area contributed by atoms with Crippen LogP contribution in [0.15, 0.2) is 23.1 Å². The van der Waals surface area contributed by atoms with E-state index < -0.39 is 33.1 Å². The molecular weight excluding hydrogens is 238 g/mol. The normalized spacial score (nSPS) is 11.4. The van der Waals surface area contributed by atoms with Gasteiger partial charge in [-0.1, -0.05) is 0 Å². The molecule has 4 nitrogen and oxygen atoms in total. The maximum absolute atomic E-state index is 13.2. The van der Waals surface area contributed by atoms with Crippen molar-refractivity contribution in [2.24, 2.45) is 0 Å². The summed E-state index contributed by atoms with van der Waals surface area (Å²) in [6.45, 7) is -0.404. The molecule has 7 heteroatoms. The first-order chi connectivity index (χ1) is 7.39. The Kier molecular flexibility index (Phi) is 3.57. The molecular formula is C9H8F2N2O2S. The lowest BCUT2D eigenvalue weighted by atomic mass is 10.3. The topological polar surface area (TPSA) is 61.2 Å². The van der Waals surface area contributed by atoms with Crippen molar-refractivity contribution in [3.63, 3.8) is 0 Å². The predicted molar refractivity (Wildman–Crippen MR) is 51.8 cm³/mol. The van der Waals surface area contributed by atoms with E-state index in [9.17, 15) is 17.2 Å². The quantitative estimate of drug-likeness (QED) is 0.750. The molecule has 0 unspecified atom stereocenters. The SMILES string of the molecule is CN(CC#N)S(=O)(=O)c1ccc(F)cc1F. The summed E-state index contributed by atoms with van der Waals surface area (Å²) in [7, 11) is -2.94. The van der Waals surface area contributed by atoms with Crippen LogP contribution in [0.5, 0.6) is 0 Å². The van der Waals surface area contributed by atoms with Crippen molar-refractivity contribution in [2.75, 3.05) is 13.6 Å². The Morgan fingerprint density at radius 2 is 2.06 bits per heavy atom. The molecule has 0 saturated carbocycles. The van der Waals surface area contributed by atoms with Gasteiger partial charge in [0, 0.05) is 13.1 Å². The van der Waals surface area contributed by atoms with E-state index in [0.29, 0.717) is 10.4 Å². The third-order valence-corrected chi connectivity index (χ3v) is 3.71. The zero-order valence-corrected chi connectivity index (χ0v) is 9.13. The van der Waals surface area contributed by atoms with Crippen LogP contribution < -0.4 is 0 Å². The minimum Gasteiger partial charge on any atom is -0.207 e. The number of benzene rings is 1. The lowest BCUT2D eigenvalue weighted by molar-refractivity contribution is 0.489. The molecule has 0 amide bonds. The van der Waals surface area contributed by atoms with Crippen LogP contribution in [0.4, 0.5) is 8.78 Å². The molecule has 0 aliphatic heterocycles. The summed E-state index contributed by atoms with van der Waals surface area (Å²) in [6.07, 6.45) is 0. The van der Waals surface area contributed by atoms with Crippen LogP contribution in [0.2, 0.25) is 0 Å². The van der Waals surface area contributed by atoms with Gasteiger partial charge in [-0.15, -0.1) is 0 Å². The van der Waals surface area contributed by atoms with E-state index in [1.165, 1.54) is 0 Å². The highest BCUT2D eigenvalue weighted by Crippen LogP contribution is 2.18. The first-order valence-electron chi connectivity index (χ1n) is 4.18. The Bertz CT molecular complexity index is 537. The molecule has 0 N–H and O–H groups in total. The first kappa shape index (κ1) is 12.5. The molecule has 0 aromatic heterocycles. The van der Waals surface area contributed by atoms with Crippen molar-refractivity contribution in [1.29, 1.82) is 5.26 Å². The molecule has 0 radical (unpaired) electrons. The molecule has 16 heavy (non-hydrogen) atoms. The highest BCUT2D eigenvalue weighted by Gasteiger charge is 2.24. The lowest BCUT2D eigenvalue weighted by Crippen LogP contribution is -2.28. The van der Waals surface area contributed by atoms with E-state index in [-0.39, 0.29) is 0 Å². The fourth-order valence-corrected chi connectivity index (χ4v) is 2.15. The van der Waals surface area contributed by atoms with Crippen LogP contribution in [-0.4, -0.2) is 26.3 Å². The van der Waals surface area contributed by atoms with Crippen molar-refractivity contribution in [1.82, 2.24) is 4.31 Å². The summed E-state index contributed by atoms with van der Waals surface area (Å²) in [6, 6.07) is 3.77. The molecule has 1 aromatic carbocycles. The Balaban J connectivity index is 3.23. The van der Waals surface area contributed by atoms with Crippen LogP contribution in [-0.2, 0) is 10.0 Å². The van der Waals surface area contributed by atoms with Crippen LogP contribution in [0.1, 0.15) is 0 Å². The highest BCUT2D eigenvalue weighted by molar-refractivity contribution is 7.89. The third kappa shape index (κ3) is 2.35. The molecule has 86 valence electrons. The van der Waals surface area contributed by atoms with Crippen molar-refractivity contribution < 1.29 is 17.2 Å². The largest absolute Gasteiger partial charge is 0.246 e. The second kappa shape index (κ2) is 4.55. The van der Waals surface area contributed by atoms with Crippen LogP contribution in [0.25, 0.3) is 0 Å². The van der Waals surface area contributed by atoms with Crippen molar-refractivity contribution in [3.05, 3.63) is 29.8 Å². The zero-order chi connectivity index (χ0) is 12.3. The van der Waals surface area contributed by atoms with Crippen molar-refractivity contribution >= 4 is 10.0 Å². The molecule has 1 rings (SSSR count). The molecule has 0 aliphatic rings. The predicted octanol–water partition coefficient (Wildman–Crippen LogP) is 1.11. The van der Waals surface area contributed by atoms with Gasteiger partial charge in [0.25, 0.3) is 0 Å². The van der Waals surface area contributed by atoms with Crippen molar-refractivity contribution in [3.8, 4) is 6.07 Å². The number of hydrogen-bond acceptors (Lipinski definition) is 3. The van der Waals surface area contributed by atoms with E-state index in [1.807, 2.05) is 0 Å². The maximum Gasteiger partial charge on any atom is 0.246 e. The smallest absolute Gasteiger partial charge is 0.207 e. The fraction of sp³-hybridized carbons (Fsp3) is 0.222. The van der Waals surface area contributed by atoms with Gasteiger partial charge < -0.3 is 0 Å². The molecule has 0 aliphatic carbocycles. The second-order valence-corrected chi connectivity index (χ2v) is 5.01. The van der Waals surface area contributed by atoms with Crippen LogP contribution in [0.3, 0.4) is 0 Å². The number of nitriles is 1. The molecule has 0 heterocycles. The number of hydrogen-bond donors (Lipinski definition) is 0. The lowest BCUT2D eigenvalue weighted by Gasteiger charge is -2.13. The second-order valence-electron chi connectivity index (χ2n) is 2.99. The number of rotatable bonds is 3. The van der Waals surface area contributed by atoms with Gasteiger partial charge >= 0.3 is 0 Å². The molecule has 0 bridgehead atoms. The van der Waals surface area contributed by atoms with Crippen LogP contribution in [0, 0.1) is 23.0 Å². The van der Waals surface area contributed by atoms with E-state index in [2.05, 4.69) is 0 Å². The van der Waals surface area contributed by atoms with Gasteiger partial charge in [0.05, 0.1) is 6.07 Å². The number of halogens is 2. The van der Waals surface area contributed by atoms with E-state index in [1.54, 1.807) is 6.07 Å². The minimum atomic E-state index is -4.08. The molecule has 0 fully saturated rings. The molecule has 1 aromatic rings. The van der Waals surface area contributed by atoms with Gasteiger partial charge in [0.1, 0.15) is 23.1 Å². The summed E-state index contributed by atoms with van der Waals surface area (Å²) in [5.74, 6) is -2.04. The standard InChI is InChI=1S/C9H8F2N2O2S/c1-13(5-4-12)16(14,15)9-3-2-7(10)6-8(9)11/h2-3,6H,5H2,1H3. The van der Waals surface area contributed by atoms with Crippen molar-refractivity contribution in [2.45, 2.75) is 4.90 Å². The van der Waals surface area contributed by atoms with Crippen LogP contribution >= 0.6 is 0 Å². The third-order valence-electron chi connectivity index (χ3n) is 1.88. The van der Waals surface area contributed by atoms with E-state index in [0.717, 1.165) is 19.2 Å². The Hall–Kier alpha value is -1.52. The Morgan fingerprint density at radius 3 is 2.56 bits per heavy atom. The monoisotopic (exact) mass is 246 g/mol. The summed E-state index contributed by atoms with van der Waals surface area (Å²) in [5, 5.41) is 8.35. The molecule has 0 spiro atoms. The summed E-state index contributed by atoms with van der Waals surface area (Å²) in [5.41, 5.74) is 0. The Morgan fingerprint density at radius 1 is 1.44 bits per heavy atom. The van der Waals surface area contributed by atoms with E-state index >= 15 is 0 Å². The average molecular weight is 246 g/mol. The molecule has 0 atom stereocenters. The van der Waals surface area contributed by atoms with Gasteiger partial charge in [-0.25, -0.2) is 17.2 Å². The van der Waals surface area contributed by atoms with E-state index in [4.69, 9.17) is 5.26 Å². The van der Waals surface area contributed by atoms with Gasteiger partial charge in [0.15, 0.2) is 0 Å². The maximum atomic E-state index is 13.2. The highest BCUT2D eigenvalue weighted by atomic mass is 32.2. The first-order valence-corrected chi connectivity index (χ1v) is 5.62. The number of nitrogens with zero attached hydrogens (tertiary/aromatic N) is 2. The average Bonchev–Trinajstić information content (AvgIpc) is 2.17. The van der Waals surface area contributed by atoms with Gasteiger partial charge in [-0.2, -0.15) is 9.57 Å². The molecule has 0 saturated heterocycles. The Labute approximate surface area is 91.8 Å². The fourth-order valence-electron chi connectivity index (χ4n) is 1.04. The zero-order valence-electron chi connectivity index (χ0n) is 8.31. The van der Waals surface area contributed by atoms with Gasteiger partial charge in [-0.05, 0) is 12.1 Å². The van der Waals surface area contributed by atoms with Gasteiger partial charge in [-0.3, -0.25) is 0 Å². The summed E-state index contributed by atoms with van der Waals surface area (Å²) in [4.78, 5) is -0.647. The summed E-state index contributed by atoms with van der Waals surface area (Å²) < 4.78 is 49.8. The minimum absolute atomic E-state index is 0.404.